The number of aliphatic carboxylic acids is 1. The summed E-state index contributed by atoms with van der Waals surface area (Å²) in [7, 11) is 0. The van der Waals surface area contributed by atoms with Gasteiger partial charge in [0.25, 0.3) is 5.69 Å². The second-order valence-electron chi connectivity index (χ2n) is 10.6. The van der Waals surface area contributed by atoms with E-state index < -0.39 is 52.1 Å². The van der Waals surface area contributed by atoms with E-state index in [1.807, 2.05) is 0 Å². The summed E-state index contributed by atoms with van der Waals surface area (Å²) in [6.07, 6.45) is 4.89. The molecule has 1 aliphatic carbocycles. The SMILES string of the molecule is CC(=O)Oc1ccc(C2NC(CC3CCCCC3)(C(=O)O)C3C(=O)N(c4cccc([N+](=O)[O-])c4)C(=O)C23)cc1. The average Bonchev–Trinajstić information content (AvgIpc) is 3.38. The molecule has 2 aromatic rings. The first-order valence-corrected chi connectivity index (χ1v) is 13.0. The zero-order valence-electron chi connectivity index (χ0n) is 21.4. The number of nitrogens with one attached hydrogen (secondary N) is 1. The Balaban J connectivity index is 1.59. The second kappa shape index (κ2) is 10.2. The molecule has 0 aromatic heterocycles. The van der Waals surface area contributed by atoms with Crippen LogP contribution in [0.5, 0.6) is 5.75 Å². The fourth-order valence-corrected chi connectivity index (χ4v) is 6.52. The molecule has 3 fully saturated rings. The number of non-ortho nitro benzene ring substituents is 1. The van der Waals surface area contributed by atoms with E-state index in [-0.39, 0.29) is 23.7 Å². The Labute approximate surface area is 224 Å². The first kappa shape index (κ1) is 26.5. The number of fused-ring (bicyclic) bond motifs is 1. The summed E-state index contributed by atoms with van der Waals surface area (Å²) < 4.78 is 5.10. The molecule has 39 heavy (non-hydrogen) atoms. The molecule has 2 amide bonds. The highest BCUT2D eigenvalue weighted by Crippen LogP contribution is 2.53. The summed E-state index contributed by atoms with van der Waals surface area (Å²) in [5.74, 6) is -4.89. The van der Waals surface area contributed by atoms with Crippen LogP contribution in [0.25, 0.3) is 0 Å². The van der Waals surface area contributed by atoms with Gasteiger partial charge in [0.15, 0.2) is 0 Å². The summed E-state index contributed by atoms with van der Waals surface area (Å²) >= 11 is 0. The Morgan fingerprint density at radius 2 is 1.79 bits per heavy atom. The molecular formula is C28H29N3O8. The standard InChI is InChI=1S/C28H29N3O8/c1-16(32)39-21-12-10-18(11-13-21)24-22-23(28(29-24,27(35)36)15-17-6-3-2-4-7-17)26(34)30(25(22)33)19-8-5-9-20(14-19)31(37)38/h5,8-14,17,22-24,29H,2-4,6-7,15H2,1H3,(H,35,36). The van der Waals surface area contributed by atoms with Gasteiger partial charge in [-0.1, -0.05) is 50.3 Å². The summed E-state index contributed by atoms with van der Waals surface area (Å²) in [5, 5.41) is 25.2. The molecule has 204 valence electrons. The highest BCUT2D eigenvalue weighted by Gasteiger charge is 2.69. The summed E-state index contributed by atoms with van der Waals surface area (Å²) in [6, 6.07) is 10.8. The van der Waals surface area contributed by atoms with Gasteiger partial charge < -0.3 is 9.84 Å². The minimum Gasteiger partial charge on any atom is -0.480 e. The maximum atomic E-state index is 14.0. The van der Waals surface area contributed by atoms with Crippen LogP contribution in [0.15, 0.2) is 48.5 Å². The summed E-state index contributed by atoms with van der Waals surface area (Å²) in [6.45, 7) is 1.27. The number of nitro benzene ring substituents is 1. The summed E-state index contributed by atoms with van der Waals surface area (Å²) in [4.78, 5) is 63.9. The van der Waals surface area contributed by atoms with E-state index in [0.717, 1.165) is 43.1 Å². The molecule has 11 heteroatoms. The van der Waals surface area contributed by atoms with Crippen LogP contribution in [0.3, 0.4) is 0 Å². The number of amides is 2. The zero-order valence-corrected chi connectivity index (χ0v) is 21.4. The van der Waals surface area contributed by atoms with E-state index in [2.05, 4.69) is 5.32 Å². The maximum Gasteiger partial charge on any atom is 0.324 e. The lowest BCUT2D eigenvalue weighted by Gasteiger charge is -2.35. The molecule has 1 saturated carbocycles. The number of esters is 1. The molecule has 4 unspecified atom stereocenters. The third-order valence-electron chi connectivity index (χ3n) is 8.17. The van der Waals surface area contributed by atoms with Gasteiger partial charge in [-0.15, -0.1) is 0 Å². The third kappa shape index (κ3) is 4.67. The van der Waals surface area contributed by atoms with E-state index in [4.69, 9.17) is 4.74 Å². The molecule has 3 aliphatic rings. The van der Waals surface area contributed by atoms with Crippen LogP contribution in [0.4, 0.5) is 11.4 Å². The molecule has 5 rings (SSSR count). The number of carboxylic acids is 1. The molecule has 0 spiro atoms. The molecule has 4 atom stereocenters. The van der Waals surface area contributed by atoms with Gasteiger partial charge in [0.1, 0.15) is 11.3 Å². The van der Waals surface area contributed by atoms with Crippen molar-refractivity contribution in [3.8, 4) is 5.75 Å². The molecule has 2 saturated heterocycles. The predicted molar refractivity (Wildman–Crippen MR) is 138 cm³/mol. The number of carboxylic acid groups (broad SMARTS) is 1. The van der Waals surface area contributed by atoms with Crippen molar-refractivity contribution in [3.05, 3.63) is 64.2 Å². The van der Waals surface area contributed by atoms with Gasteiger partial charge in [0, 0.05) is 25.1 Å². The number of anilines is 1. The second-order valence-corrected chi connectivity index (χ2v) is 10.6. The van der Waals surface area contributed by atoms with Crippen molar-refractivity contribution in [1.29, 1.82) is 0 Å². The van der Waals surface area contributed by atoms with Gasteiger partial charge >= 0.3 is 11.9 Å². The van der Waals surface area contributed by atoms with E-state index in [9.17, 15) is 34.4 Å². The normalized spacial score (nSPS) is 26.9. The largest absolute Gasteiger partial charge is 0.480 e. The topological polar surface area (TPSA) is 156 Å². The van der Waals surface area contributed by atoms with Gasteiger partial charge in [-0.25, -0.2) is 4.90 Å². The Morgan fingerprint density at radius 3 is 2.41 bits per heavy atom. The number of carbonyl (C=O) groups excluding carboxylic acids is 3. The minimum absolute atomic E-state index is 0.0366. The zero-order chi connectivity index (χ0) is 27.9. The van der Waals surface area contributed by atoms with Gasteiger partial charge in [-0.2, -0.15) is 0 Å². The van der Waals surface area contributed by atoms with Crippen LogP contribution >= 0.6 is 0 Å². The lowest BCUT2D eigenvalue weighted by Crippen LogP contribution is -2.57. The van der Waals surface area contributed by atoms with Crippen molar-refractivity contribution < 1.29 is 33.9 Å². The number of hydrogen-bond acceptors (Lipinski definition) is 8. The highest BCUT2D eigenvalue weighted by molar-refractivity contribution is 6.24. The molecule has 0 radical (unpaired) electrons. The Bertz CT molecular complexity index is 1340. The number of imide groups is 1. The minimum atomic E-state index is -1.70. The molecule has 2 aromatic carbocycles. The van der Waals surface area contributed by atoms with E-state index in [1.54, 1.807) is 24.3 Å². The van der Waals surface area contributed by atoms with Gasteiger partial charge in [0.05, 0.1) is 22.4 Å². The third-order valence-corrected chi connectivity index (χ3v) is 8.17. The van der Waals surface area contributed by atoms with Crippen LogP contribution in [0.2, 0.25) is 0 Å². The maximum absolute atomic E-state index is 14.0. The van der Waals surface area contributed by atoms with Gasteiger partial charge in [-0.3, -0.25) is 34.6 Å². The molecule has 11 nitrogen and oxygen atoms in total. The molecule has 2 aliphatic heterocycles. The quantitative estimate of drug-likeness (QED) is 0.177. The van der Waals surface area contributed by atoms with Crippen LogP contribution in [-0.2, 0) is 19.2 Å². The summed E-state index contributed by atoms with van der Waals surface area (Å²) in [5.41, 5.74) is -1.38. The van der Waals surface area contributed by atoms with Crippen LogP contribution < -0.4 is 15.0 Å². The lowest BCUT2D eigenvalue weighted by molar-refractivity contribution is -0.384. The number of nitro groups is 1. The Morgan fingerprint density at radius 1 is 1.10 bits per heavy atom. The van der Waals surface area contributed by atoms with Crippen molar-refractivity contribution in [1.82, 2.24) is 5.32 Å². The van der Waals surface area contributed by atoms with E-state index in [1.165, 1.54) is 25.1 Å². The smallest absolute Gasteiger partial charge is 0.324 e. The number of ether oxygens (including phenoxy) is 1. The van der Waals surface area contributed by atoms with Crippen molar-refractivity contribution >= 4 is 35.1 Å². The fraction of sp³-hybridized carbons (Fsp3) is 0.429. The van der Waals surface area contributed by atoms with Crippen molar-refractivity contribution in [3.63, 3.8) is 0 Å². The van der Waals surface area contributed by atoms with Crippen LogP contribution in [-0.4, -0.2) is 39.3 Å². The van der Waals surface area contributed by atoms with Crippen LogP contribution in [0.1, 0.15) is 57.1 Å². The number of hydrogen-bond donors (Lipinski definition) is 2. The monoisotopic (exact) mass is 535 g/mol. The van der Waals surface area contributed by atoms with Crippen LogP contribution in [0, 0.1) is 27.9 Å². The molecule has 2 heterocycles. The lowest BCUT2D eigenvalue weighted by atomic mass is 9.72. The fourth-order valence-electron chi connectivity index (χ4n) is 6.52. The first-order chi connectivity index (χ1) is 18.6. The van der Waals surface area contributed by atoms with Crippen molar-refractivity contribution in [2.75, 3.05) is 4.90 Å². The number of nitrogens with zero attached hydrogens (tertiary/aromatic N) is 2. The predicted octanol–water partition coefficient (Wildman–Crippen LogP) is 3.76. The van der Waals surface area contributed by atoms with Crippen molar-refractivity contribution in [2.24, 2.45) is 17.8 Å². The first-order valence-electron chi connectivity index (χ1n) is 13.0. The van der Waals surface area contributed by atoms with E-state index >= 15 is 0 Å². The number of benzene rings is 2. The van der Waals surface area contributed by atoms with Gasteiger partial charge in [0.2, 0.25) is 11.8 Å². The highest BCUT2D eigenvalue weighted by atomic mass is 16.6. The molecule has 0 bridgehead atoms. The Kier molecular flexibility index (Phi) is 6.94. The van der Waals surface area contributed by atoms with Crippen molar-refractivity contribution in [2.45, 2.75) is 57.0 Å². The average molecular weight is 536 g/mol. The molecular weight excluding hydrogens is 506 g/mol. The van der Waals surface area contributed by atoms with Gasteiger partial charge in [-0.05, 0) is 36.1 Å². The number of carbonyl (C=O) groups is 4. The Hall–Kier alpha value is -4.12. The molecule has 2 N–H and O–H groups in total. The van der Waals surface area contributed by atoms with E-state index in [0.29, 0.717) is 11.3 Å². The number of rotatable bonds is 7.